The molecule has 1 aliphatic heterocycles. The molecule has 4 heterocycles. The second-order valence-electron chi connectivity index (χ2n) is 7.51. The molecular formula is C20H21N9O. The number of carbonyl (C=O) groups excluding carboxylic acids is 1. The van der Waals surface area contributed by atoms with Crippen LogP contribution in [0.5, 0.6) is 0 Å². The van der Waals surface area contributed by atoms with Crippen molar-refractivity contribution in [3.05, 3.63) is 61.2 Å². The number of benzene rings is 1. The first kappa shape index (κ1) is 18.2. The summed E-state index contributed by atoms with van der Waals surface area (Å²) < 4.78 is 1.70. The fourth-order valence-electron chi connectivity index (χ4n) is 3.97. The van der Waals surface area contributed by atoms with Crippen molar-refractivity contribution in [2.75, 3.05) is 24.5 Å². The van der Waals surface area contributed by atoms with Gasteiger partial charge in [-0.2, -0.15) is 5.10 Å². The molecule has 10 heteroatoms. The third-order valence-electron chi connectivity index (χ3n) is 5.45. The molecule has 1 amide bonds. The first-order valence-corrected chi connectivity index (χ1v) is 9.77. The third kappa shape index (κ3) is 3.36. The van der Waals surface area contributed by atoms with Gasteiger partial charge in [0.05, 0.1) is 18.3 Å². The van der Waals surface area contributed by atoms with E-state index in [9.17, 15) is 4.79 Å². The summed E-state index contributed by atoms with van der Waals surface area (Å²) >= 11 is 0. The Morgan fingerprint density at radius 3 is 2.80 bits per heavy atom. The van der Waals surface area contributed by atoms with Crippen LogP contribution in [0.25, 0.3) is 11.2 Å². The second-order valence-corrected chi connectivity index (χ2v) is 7.51. The summed E-state index contributed by atoms with van der Waals surface area (Å²) in [5, 5.41) is 7.16. The van der Waals surface area contributed by atoms with E-state index in [1.54, 1.807) is 17.3 Å². The van der Waals surface area contributed by atoms with Crippen molar-refractivity contribution in [3.8, 4) is 0 Å². The lowest BCUT2D eigenvalue weighted by molar-refractivity contribution is -0.132. The van der Waals surface area contributed by atoms with Gasteiger partial charge in [-0.3, -0.25) is 9.48 Å². The number of hydrogen-bond acceptors (Lipinski definition) is 7. The molecule has 0 atom stereocenters. The zero-order valence-corrected chi connectivity index (χ0v) is 16.3. The molecule has 4 aromatic rings. The van der Waals surface area contributed by atoms with Crippen LogP contribution in [0, 0.1) is 5.41 Å². The molecule has 0 spiro atoms. The van der Waals surface area contributed by atoms with Crippen LogP contribution in [0.15, 0.2) is 55.6 Å². The summed E-state index contributed by atoms with van der Waals surface area (Å²) in [7, 11) is 0. The molecule has 1 aliphatic rings. The fourth-order valence-corrected chi connectivity index (χ4v) is 3.97. The van der Waals surface area contributed by atoms with Crippen molar-refractivity contribution in [1.82, 2.24) is 40.0 Å². The Bertz CT molecular complexity index is 1130. The fraction of sp³-hybridized carbons (Fsp3) is 0.300. The van der Waals surface area contributed by atoms with Gasteiger partial charge in [-0.05, 0) is 12.0 Å². The molecule has 30 heavy (non-hydrogen) atoms. The van der Waals surface area contributed by atoms with Crippen LogP contribution in [0.3, 0.4) is 0 Å². The maximum atomic E-state index is 13.2. The molecule has 0 unspecified atom stereocenters. The molecular weight excluding hydrogens is 382 g/mol. The molecule has 10 nitrogen and oxygen atoms in total. The van der Waals surface area contributed by atoms with Gasteiger partial charge in [-0.25, -0.2) is 19.9 Å². The Labute approximate surface area is 172 Å². The van der Waals surface area contributed by atoms with Crippen molar-refractivity contribution in [3.63, 3.8) is 0 Å². The van der Waals surface area contributed by atoms with E-state index >= 15 is 0 Å². The average molecular weight is 403 g/mol. The van der Waals surface area contributed by atoms with Crippen molar-refractivity contribution < 1.29 is 4.79 Å². The minimum Gasteiger partial charge on any atom is -0.354 e. The molecule has 1 aromatic carbocycles. The van der Waals surface area contributed by atoms with E-state index in [0.717, 1.165) is 16.9 Å². The molecule has 0 aliphatic carbocycles. The van der Waals surface area contributed by atoms with E-state index in [1.165, 1.54) is 12.7 Å². The number of H-pyrrole nitrogens is 1. The number of hydrogen-bond donors (Lipinski definition) is 2. The summed E-state index contributed by atoms with van der Waals surface area (Å²) in [4.78, 5) is 35.2. The van der Waals surface area contributed by atoms with E-state index in [0.29, 0.717) is 38.2 Å². The number of fused-ring (bicyclic) bond motifs is 1. The molecule has 1 saturated heterocycles. The average Bonchev–Trinajstić information content (AvgIpc) is 3.43. The molecule has 152 valence electrons. The quantitative estimate of drug-likeness (QED) is 0.469. The molecule has 0 saturated carbocycles. The number of imidazole rings is 1. The minimum atomic E-state index is -0.527. The number of aromatic nitrogens is 7. The van der Waals surface area contributed by atoms with Crippen molar-refractivity contribution in [1.29, 1.82) is 0 Å². The van der Waals surface area contributed by atoms with Crippen molar-refractivity contribution >= 4 is 22.9 Å². The van der Waals surface area contributed by atoms with Gasteiger partial charge in [0.25, 0.3) is 0 Å². The van der Waals surface area contributed by atoms with Gasteiger partial charge < -0.3 is 15.2 Å². The topological polar surface area (TPSA) is 118 Å². The van der Waals surface area contributed by atoms with Crippen LogP contribution in [0.4, 0.5) is 5.82 Å². The smallest absolute Gasteiger partial charge is 0.230 e. The highest BCUT2D eigenvalue weighted by atomic mass is 16.2. The van der Waals surface area contributed by atoms with Crippen LogP contribution in [0.1, 0.15) is 5.56 Å². The van der Waals surface area contributed by atoms with Crippen LogP contribution in [-0.2, 0) is 17.8 Å². The van der Waals surface area contributed by atoms with E-state index < -0.39 is 5.41 Å². The van der Waals surface area contributed by atoms with Crippen LogP contribution < -0.4 is 10.2 Å². The second kappa shape index (κ2) is 7.54. The number of nitrogens with zero attached hydrogens (tertiary/aromatic N) is 7. The van der Waals surface area contributed by atoms with Crippen LogP contribution in [-0.4, -0.2) is 60.2 Å². The van der Waals surface area contributed by atoms with Gasteiger partial charge in [0.2, 0.25) is 5.91 Å². The number of aromatic amines is 1. The summed E-state index contributed by atoms with van der Waals surface area (Å²) in [5.41, 5.74) is 2.02. The standard InChI is InChI=1S/C20H21N9O/c30-19(22-6-7-29-14-21-11-27-29)20(8-15-4-2-1-3-5-15)9-28(10-20)18-16-17(24-12-23-16)25-13-26-18/h1-5,11-14H,6-10H2,(H,22,30)(H,23,24,25,26). The maximum absolute atomic E-state index is 13.2. The van der Waals surface area contributed by atoms with E-state index in [1.807, 2.05) is 18.2 Å². The number of rotatable bonds is 7. The number of amides is 1. The lowest BCUT2D eigenvalue weighted by atomic mass is 9.73. The molecule has 5 rings (SSSR count). The zero-order valence-electron chi connectivity index (χ0n) is 16.3. The van der Waals surface area contributed by atoms with E-state index in [4.69, 9.17) is 0 Å². The Kier molecular flexibility index (Phi) is 4.58. The van der Waals surface area contributed by atoms with E-state index in [-0.39, 0.29) is 5.91 Å². The Morgan fingerprint density at radius 2 is 2.00 bits per heavy atom. The highest BCUT2D eigenvalue weighted by Gasteiger charge is 2.50. The lowest BCUT2D eigenvalue weighted by Crippen LogP contribution is -2.65. The van der Waals surface area contributed by atoms with Crippen molar-refractivity contribution in [2.24, 2.45) is 5.41 Å². The normalized spacial score (nSPS) is 15.1. The Hall–Kier alpha value is -3.82. The summed E-state index contributed by atoms with van der Waals surface area (Å²) in [6.45, 7) is 2.22. The Morgan fingerprint density at radius 1 is 1.13 bits per heavy atom. The predicted octanol–water partition coefficient (Wildman–Crippen LogP) is 0.810. The highest BCUT2D eigenvalue weighted by Crippen LogP contribution is 2.38. The van der Waals surface area contributed by atoms with Gasteiger partial charge in [0.15, 0.2) is 11.5 Å². The predicted molar refractivity (Wildman–Crippen MR) is 110 cm³/mol. The van der Waals surface area contributed by atoms with Gasteiger partial charge in [-0.15, -0.1) is 0 Å². The lowest BCUT2D eigenvalue weighted by Gasteiger charge is -2.49. The zero-order chi connectivity index (χ0) is 20.4. The van der Waals surface area contributed by atoms with Gasteiger partial charge in [-0.1, -0.05) is 30.3 Å². The number of nitrogens with one attached hydrogen (secondary N) is 2. The monoisotopic (exact) mass is 403 g/mol. The maximum Gasteiger partial charge on any atom is 0.230 e. The summed E-state index contributed by atoms with van der Waals surface area (Å²) in [6.07, 6.45) is 6.91. The Balaban J connectivity index is 1.33. The molecule has 2 N–H and O–H groups in total. The first-order valence-electron chi connectivity index (χ1n) is 9.77. The summed E-state index contributed by atoms with van der Waals surface area (Å²) in [5.74, 6) is 0.814. The molecule has 0 radical (unpaired) electrons. The van der Waals surface area contributed by atoms with Gasteiger partial charge in [0, 0.05) is 19.6 Å². The number of anilines is 1. The van der Waals surface area contributed by atoms with Crippen molar-refractivity contribution in [2.45, 2.75) is 13.0 Å². The first-order chi connectivity index (χ1) is 14.7. The SMILES string of the molecule is O=C(NCCn1cncn1)C1(Cc2ccccc2)CN(c2ncnc3nc[nH]c23)C1. The third-order valence-corrected chi connectivity index (χ3v) is 5.45. The summed E-state index contributed by atoms with van der Waals surface area (Å²) in [6, 6.07) is 10.1. The van der Waals surface area contributed by atoms with Crippen LogP contribution in [0.2, 0.25) is 0 Å². The highest BCUT2D eigenvalue weighted by molar-refractivity contribution is 5.89. The van der Waals surface area contributed by atoms with E-state index in [2.05, 4.69) is 52.4 Å². The largest absolute Gasteiger partial charge is 0.354 e. The van der Waals surface area contributed by atoms with Gasteiger partial charge in [0.1, 0.15) is 24.5 Å². The molecule has 1 fully saturated rings. The number of carbonyl (C=O) groups is 1. The van der Waals surface area contributed by atoms with Crippen LogP contribution >= 0.6 is 0 Å². The van der Waals surface area contributed by atoms with Gasteiger partial charge >= 0.3 is 0 Å². The molecule has 0 bridgehead atoms. The minimum absolute atomic E-state index is 0.0395. The molecule has 3 aromatic heterocycles.